The van der Waals surface area contributed by atoms with E-state index in [0.717, 1.165) is 25.4 Å². The Hall–Kier alpha value is -0.650. The van der Waals surface area contributed by atoms with Crippen molar-refractivity contribution in [3.8, 4) is 0 Å². The van der Waals surface area contributed by atoms with Crippen molar-refractivity contribution in [3.05, 3.63) is 0 Å². The Morgan fingerprint density at radius 3 is 2.00 bits per heavy atom. The van der Waals surface area contributed by atoms with Gasteiger partial charge in [0, 0.05) is 19.1 Å². The van der Waals surface area contributed by atoms with Gasteiger partial charge in [-0.3, -0.25) is 4.79 Å². The molecular weight excluding hydrogens is 294 g/mol. The summed E-state index contributed by atoms with van der Waals surface area (Å²) in [6, 6.07) is 0. The normalized spacial score (nSPS) is 13.7. The number of hydrogen-bond acceptors (Lipinski definition) is 4. The maximum absolute atomic E-state index is 11.5. The standard InChI is InChI=1S/C18H37NO4/c1-5-16(3)8-7-10-21-12-14-23-15-13-22-11-9-19-18(20)17(4)6-2/h16-17H,5-15H2,1-4H3,(H,19,20). The van der Waals surface area contributed by atoms with E-state index in [4.69, 9.17) is 14.2 Å². The fraction of sp³-hybridized carbons (Fsp3) is 0.944. The highest BCUT2D eigenvalue weighted by atomic mass is 16.5. The zero-order valence-electron chi connectivity index (χ0n) is 15.6. The number of carbonyl (C=O) groups excluding carboxylic acids is 1. The highest BCUT2D eigenvalue weighted by molar-refractivity contribution is 5.78. The minimum absolute atomic E-state index is 0.0727. The molecule has 0 rings (SSSR count). The average molecular weight is 331 g/mol. The molecule has 0 fully saturated rings. The molecule has 0 bridgehead atoms. The number of carbonyl (C=O) groups is 1. The third-order valence-corrected chi connectivity index (χ3v) is 4.03. The SMILES string of the molecule is CCC(C)CCCOCCOCCOCCNC(=O)C(C)CC. The maximum Gasteiger partial charge on any atom is 0.222 e. The molecule has 1 N–H and O–H groups in total. The van der Waals surface area contributed by atoms with E-state index < -0.39 is 0 Å². The van der Waals surface area contributed by atoms with Crippen LogP contribution in [0.2, 0.25) is 0 Å². The highest BCUT2D eigenvalue weighted by Crippen LogP contribution is 2.08. The largest absolute Gasteiger partial charge is 0.379 e. The number of ether oxygens (including phenoxy) is 3. The summed E-state index contributed by atoms with van der Waals surface area (Å²) >= 11 is 0. The Bertz CT molecular complexity index is 274. The van der Waals surface area contributed by atoms with Crippen LogP contribution in [0.1, 0.15) is 53.4 Å². The van der Waals surface area contributed by atoms with Gasteiger partial charge in [0.25, 0.3) is 0 Å². The minimum atomic E-state index is 0.0727. The molecule has 0 aromatic rings. The van der Waals surface area contributed by atoms with E-state index >= 15 is 0 Å². The van der Waals surface area contributed by atoms with Crippen LogP contribution >= 0.6 is 0 Å². The number of nitrogens with one attached hydrogen (secondary N) is 1. The summed E-state index contributed by atoms with van der Waals surface area (Å²) in [5.74, 6) is 0.961. The minimum Gasteiger partial charge on any atom is -0.379 e. The third-order valence-electron chi connectivity index (χ3n) is 4.03. The Morgan fingerprint density at radius 1 is 0.870 bits per heavy atom. The summed E-state index contributed by atoms with van der Waals surface area (Å²) in [6.45, 7) is 12.7. The van der Waals surface area contributed by atoms with Crippen molar-refractivity contribution < 1.29 is 19.0 Å². The smallest absolute Gasteiger partial charge is 0.222 e. The Labute approximate surface area is 142 Å². The lowest BCUT2D eigenvalue weighted by atomic mass is 10.0. The summed E-state index contributed by atoms with van der Waals surface area (Å²) < 4.78 is 16.3. The molecule has 0 aliphatic rings. The quantitative estimate of drug-likeness (QED) is 0.442. The van der Waals surface area contributed by atoms with Crippen molar-refractivity contribution in [3.63, 3.8) is 0 Å². The lowest BCUT2D eigenvalue weighted by Crippen LogP contribution is -2.31. The van der Waals surface area contributed by atoms with E-state index in [0.29, 0.717) is 39.6 Å². The molecule has 2 unspecified atom stereocenters. The number of rotatable bonds is 16. The van der Waals surface area contributed by atoms with Crippen molar-refractivity contribution in [2.45, 2.75) is 53.4 Å². The number of hydrogen-bond donors (Lipinski definition) is 1. The van der Waals surface area contributed by atoms with Gasteiger partial charge in [-0.2, -0.15) is 0 Å². The molecule has 2 atom stereocenters. The van der Waals surface area contributed by atoms with E-state index in [1.54, 1.807) is 0 Å². The first-order valence-electron chi connectivity index (χ1n) is 9.12. The van der Waals surface area contributed by atoms with Crippen molar-refractivity contribution in [1.29, 1.82) is 0 Å². The third kappa shape index (κ3) is 14.7. The Balaban J connectivity index is 3.15. The van der Waals surface area contributed by atoms with Gasteiger partial charge in [-0.25, -0.2) is 0 Å². The second-order valence-corrected chi connectivity index (χ2v) is 6.09. The first-order valence-corrected chi connectivity index (χ1v) is 9.12. The lowest BCUT2D eigenvalue weighted by Gasteiger charge is -2.10. The molecule has 1 amide bonds. The molecule has 0 saturated heterocycles. The molecule has 5 heteroatoms. The molecule has 0 heterocycles. The van der Waals surface area contributed by atoms with Gasteiger partial charge >= 0.3 is 0 Å². The predicted molar refractivity (Wildman–Crippen MR) is 93.6 cm³/mol. The van der Waals surface area contributed by atoms with Gasteiger partial charge in [-0.05, 0) is 25.2 Å². The summed E-state index contributed by atoms with van der Waals surface area (Å²) in [7, 11) is 0. The average Bonchev–Trinajstić information content (AvgIpc) is 2.57. The summed E-state index contributed by atoms with van der Waals surface area (Å²) in [6.07, 6.45) is 4.46. The van der Waals surface area contributed by atoms with Gasteiger partial charge in [0.15, 0.2) is 0 Å². The van der Waals surface area contributed by atoms with Gasteiger partial charge in [-0.1, -0.05) is 34.1 Å². The van der Waals surface area contributed by atoms with Crippen LogP contribution in [-0.2, 0) is 19.0 Å². The molecule has 0 aliphatic heterocycles. The van der Waals surface area contributed by atoms with Crippen LogP contribution < -0.4 is 5.32 Å². The summed E-state index contributed by atoms with van der Waals surface area (Å²) in [5.41, 5.74) is 0. The van der Waals surface area contributed by atoms with E-state index in [1.807, 2.05) is 13.8 Å². The van der Waals surface area contributed by atoms with Crippen molar-refractivity contribution in [1.82, 2.24) is 5.32 Å². The predicted octanol–water partition coefficient (Wildman–Crippen LogP) is 3.02. The van der Waals surface area contributed by atoms with Crippen molar-refractivity contribution >= 4 is 5.91 Å². The molecule has 0 radical (unpaired) electrons. The molecule has 23 heavy (non-hydrogen) atoms. The topological polar surface area (TPSA) is 56.8 Å². The fourth-order valence-electron chi connectivity index (χ4n) is 1.89. The van der Waals surface area contributed by atoms with Gasteiger partial charge < -0.3 is 19.5 Å². The van der Waals surface area contributed by atoms with E-state index in [2.05, 4.69) is 19.2 Å². The number of amides is 1. The van der Waals surface area contributed by atoms with Crippen LogP contribution in [0.5, 0.6) is 0 Å². The van der Waals surface area contributed by atoms with E-state index in [9.17, 15) is 4.79 Å². The van der Waals surface area contributed by atoms with Crippen LogP contribution in [0.15, 0.2) is 0 Å². The molecule has 0 aliphatic carbocycles. The van der Waals surface area contributed by atoms with Gasteiger partial charge in [-0.15, -0.1) is 0 Å². The Morgan fingerprint density at radius 2 is 1.43 bits per heavy atom. The highest BCUT2D eigenvalue weighted by Gasteiger charge is 2.08. The van der Waals surface area contributed by atoms with Crippen LogP contribution in [0.4, 0.5) is 0 Å². The van der Waals surface area contributed by atoms with Crippen LogP contribution in [0, 0.1) is 11.8 Å². The van der Waals surface area contributed by atoms with Crippen LogP contribution in [-0.4, -0.2) is 52.1 Å². The second kappa shape index (κ2) is 16.2. The molecule has 5 nitrogen and oxygen atoms in total. The Kier molecular flexibility index (Phi) is 15.8. The zero-order valence-corrected chi connectivity index (χ0v) is 15.6. The second-order valence-electron chi connectivity index (χ2n) is 6.09. The summed E-state index contributed by atoms with van der Waals surface area (Å²) in [4.78, 5) is 11.5. The fourth-order valence-corrected chi connectivity index (χ4v) is 1.89. The van der Waals surface area contributed by atoms with Crippen LogP contribution in [0.3, 0.4) is 0 Å². The van der Waals surface area contributed by atoms with Gasteiger partial charge in [0.2, 0.25) is 5.91 Å². The van der Waals surface area contributed by atoms with Gasteiger partial charge in [0.05, 0.1) is 33.0 Å². The van der Waals surface area contributed by atoms with E-state index in [1.165, 1.54) is 12.8 Å². The van der Waals surface area contributed by atoms with Crippen molar-refractivity contribution in [2.75, 3.05) is 46.2 Å². The molecular formula is C18H37NO4. The summed E-state index contributed by atoms with van der Waals surface area (Å²) in [5, 5.41) is 2.85. The van der Waals surface area contributed by atoms with Crippen molar-refractivity contribution in [2.24, 2.45) is 11.8 Å². The maximum atomic E-state index is 11.5. The molecule has 0 saturated carbocycles. The molecule has 0 aromatic carbocycles. The molecule has 0 aromatic heterocycles. The van der Waals surface area contributed by atoms with E-state index in [-0.39, 0.29) is 11.8 Å². The lowest BCUT2D eigenvalue weighted by molar-refractivity contribution is -0.124. The van der Waals surface area contributed by atoms with Gasteiger partial charge in [0.1, 0.15) is 0 Å². The molecule has 0 spiro atoms. The van der Waals surface area contributed by atoms with Crippen LogP contribution in [0.25, 0.3) is 0 Å². The first kappa shape index (κ1) is 22.4. The monoisotopic (exact) mass is 331 g/mol. The first-order chi connectivity index (χ1) is 11.1. The zero-order chi connectivity index (χ0) is 17.3. The molecule has 138 valence electrons.